The molecule has 2 aromatic rings. The molecule has 0 spiro atoms. The maximum atomic E-state index is 12.1. The van der Waals surface area contributed by atoms with E-state index in [9.17, 15) is 4.79 Å². The van der Waals surface area contributed by atoms with Gasteiger partial charge in [-0.15, -0.1) is 0 Å². The summed E-state index contributed by atoms with van der Waals surface area (Å²) in [6.07, 6.45) is 0. The Labute approximate surface area is 112 Å². The SMILES string of the molecule is COc1ccc(-c2nc(C)c(C(C)C)c(=O)[nH]2)cc1. The Balaban J connectivity index is 2.49. The summed E-state index contributed by atoms with van der Waals surface area (Å²) in [4.78, 5) is 19.4. The lowest BCUT2D eigenvalue weighted by atomic mass is 10.0. The molecular weight excluding hydrogens is 240 g/mol. The van der Waals surface area contributed by atoms with Gasteiger partial charge in [0.15, 0.2) is 0 Å². The van der Waals surface area contributed by atoms with Crippen LogP contribution < -0.4 is 10.3 Å². The van der Waals surface area contributed by atoms with Gasteiger partial charge in [0, 0.05) is 16.8 Å². The van der Waals surface area contributed by atoms with E-state index in [2.05, 4.69) is 9.97 Å². The summed E-state index contributed by atoms with van der Waals surface area (Å²) in [6.45, 7) is 5.86. The summed E-state index contributed by atoms with van der Waals surface area (Å²) in [6, 6.07) is 7.46. The molecule has 1 aromatic carbocycles. The largest absolute Gasteiger partial charge is 0.497 e. The minimum atomic E-state index is -0.0617. The summed E-state index contributed by atoms with van der Waals surface area (Å²) in [5.41, 5.74) is 2.34. The maximum Gasteiger partial charge on any atom is 0.254 e. The van der Waals surface area contributed by atoms with Gasteiger partial charge in [0.1, 0.15) is 11.6 Å². The van der Waals surface area contributed by atoms with Crippen molar-refractivity contribution >= 4 is 0 Å². The Morgan fingerprint density at radius 2 is 1.84 bits per heavy atom. The highest BCUT2D eigenvalue weighted by Crippen LogP contribution is 2.20. The number of ether oxygens (including phenoxy) is 1. The van der Waals surface area contributed by atoms with Gasteiger partial charge >= 0.3 is 0 Å². The molecule has 0 radical (unpaired) electrons. The van der Waals surface area contributed by atoms with E-state index in [0.29, 0.717) is 5.82 Å². The van der Waals surface area contributed by atoms with Crippen LogP contribution in [-0.4, -0.2) is 17.1 Å². The number of methoxy groups -OCH3 is 1. The van der Waals surface area contributed by atoms with E-state index in [1.54, 1.807) is 7.11 Å². The lowest BCUT2D eigenvalue weighted by molar-refractivity contribution is 0.415. The van der Waals surface area contributed by atoms with E-state index >= 15 is 0 Å². The first kappa shape index (κ1) is 13.3. The van der Waals surface area contributed by atoms with Crippen molar-refractivity contribution in [3.8, 4) is 17.1 Å². The molecule has 0 saturated heterocycles. The van der Waals surface area contributed by atoms with Gasteiger partial charge in [0.25, 0.3) is 5.56 Å². The molecule has 1 N–H and O–H groups in total. The number of hydrogen-bond acceptors (Lipinski definition) is 3. The average Bonchev–Trinajstić information content (AvgIpc) is 2.37. The quantitative estimate of drug-likeness (QED) is 0.921. The zero-order valence-electron chi connectivity index (χ0n) is 11.7. The van der Waals surface area contributed by atoms with Crippen LogP contribution in [0.4, 0.5) is 0 Å². The van der Waals surface area contributed by atoms with Crippen molar-refractivity contribution in [1.29, 1.82) is 0 Å². The van der Waals surface area contributed by atoms with Crippen molar-refractivity contribution in [1.82, 2.24) is 9.97 Å². The number of aromatic nitrogens is 2. The number of aryl methyl sites for hydroxylation is 1. The zero-order valence-corrected chi connectivity index (χ0v) is 11.7. The molecule has 1 aromatic heterocycles. The fourth-order valence-corrected chi connectivity index (χ4v) is 2.16. The molecule has 1 heterocycles. The minimum absolute atomic E-state index is 0.0617. The van der Waals surface area contributed by atoms with Gasteiger partial charge in [-0.2, -0.15) is 0 Å². The van der Waals surface area contributed by atoms with Crippen LogP contribution in [0.3, 0.4) is 0 Å². The molecule has 0 amide bonds. The number of rotatable bonds is 3. The summed E-state index contributed by atoms with van der Waals surface area (Å²) in [5, 5.41) is 0. The molecule has 0 unspecified atom stereocenters. The topological polar surface area (TPSA) is 55.0 Å². The molecule has 0 atom stereocenters. The molecule has 4 nitrogen and oxygen atoms in total. The monoisotopic (exact) mass is 258 g/mol. The number of benzene rings is 1. The Morgan fingerprint density at radius 3 is 2.32 bits per heavy atom. The second-order valence-electron chi connectivity index (χ2n) is 4.80. The standard InChI is InChI=1S/C15H18N2O2/c1-9(2)13-10(3)16-14(17-15(13)18)11-5-7-12(19-4)8-6-11/h5-9H,1-4H3,(H,16,17,18). The summed E-state index contributed by atoms with van der Waals surface area (Å²) in [7, 11) is 1.62. The Bertz CT molecular complexity index is 628. The highest BCUT2D eigenvalue weighted by atomic mass is 16.5. The van der Waals surface area contributed by atoms with E-state index in [1.807, 2.05) is 45.0 Å². The molecule has 0 fully saturated rings. The van der Waals surface area contributed by atoms with Crippen LogP contribution in [0.5, 0.6) is 5.75 Å². The number of nitrogens with zero attached hydrogens (tertiary/aromatic N) is 1. The van der Waals surface area contributed by atoms with Crippen molar-refractivity contribution in [2.45, 2.75) is 26.7 Å². The molecule has 0 saturated carbocycles. The van der Waals surface area contributed by atoms with Crippen LogP contribution in [0.25, 0.3) is 11.4 Å². The van der Waals surface area contributed by atoms with Gasteiger partial charge in [-0.1, -0.05) is 13.8 Å². The van der Waals surface area contributed by atoms with Crippen LogP contribution in [0.2, 0.25) is 0 Å². The number of nitrogens with one attached hydrogen (secondary N) is 1. The fourth-order valence-electron chi connectivity index (χ4n) is 2.16. The van der Waals surface area contributed by atoms with Crippen molar-refractivity contribution in [2.75, 3.05) is 7.11 Å². The molecular formula is C15H18N2O2. The molecule has 2 rings (SSSR count). The highest BCUT2D eigenvalue weighted by Gasteiger charge is 2.12. The second-order valence-corrected chi connectivity index (χ2v) is 4.80. The van der Waals surface area contributed by atoms with Gasteiger partial charge in [0.2, 0.25) is 0 Å². The minimum Gasteiger partial charge on any atom is -0.497 e. The average molecular weight is 258 g/mol. The third-order valence-corrected chi connectivity index (χ3v) is 3.09. The molecule has 0 bridgehead atoms. The molecule has 0 aliphatic heterocycles. The number of H-pyrrole nitrogens is 1. The predicted molar refractivity (Wildman–Crippen MR) is 75.7 cm³/mol. The maximum absolute atomic E-state index is 12.1. The normalized spacial score (nSPS) is 10.8. The lowest BCUT2D eigenvalue weighted by Crippen LogP contribution is -2.18. The summed E-state index contributed by atoms with van der Waals surface area (Å²) in [5.74, 6) is 1.54. The van der Waals surface area contributed by atoms with Crippen molar-refractivity contribution in [2.24, 2.45) is 0 Å². The third kappa shape index (κ3) is 2.67. The molecule has 100 valence electrons. The molecule has 19 heavy (non-hydrogen) atoms. The summed E-state index contributed by atoms with van der Waals surface area (Å²) < 4.78 is 5.11. The smallest absolute Gasteiger partial charge is 0.254 e. The third-order valence-electron chi connectivity index (χ3n) is 3.09. The fraction of sp³-hybridized carbons (Fsp3) is 0.333. The van der Waals surface area contributed by atoms with E-state index in [-0.39, 0.29) is 11.5 Å². The van der Waals surface area contributed by atoms with Gasteiger partial charge in [0.05, 0.1) is 7.11 Å². The first-order valence-corrected chi connectivity index (χ1v) is 6.28. The molecule has 0 aliphatic rings. The van der Waals surface area contributed by atoms with Crippen LogP contribution >= 0.6 is 0 Å². The first-order chi connectivity index (χ1) is 9.02. The van der Waals surface area contributed by atoms with E-state index in [0.717, 1.165) is 22.6 Å². The van der Waals surface area contributed by atoms with E-state index in [4.69, 9.17) is 4.74 Å². The Morgan fingerprint density at radius 1 is 1.21 bits per heavy atom. The van der Waals surface area contributed by atoms with Crippen LogP contribution in [-0.2, 0) is 0 Å². The summed E-state index contributed by atoms with van der Waals surface area (Å²) >= 11 is 0. The Hall–Kier alpha value is -2.10. The van der Waals surface area contributed by atoms with Crippen LogP contribution in [0.1, 0.15) is 31.0 Å². The van der Waals surface area contributed by atoms with Gasteiger partial charge in [-0.25, -0.2) is 4.98 Å². The number of hydrogen-bond donors (Lipinski definition) is 1. The number of aromatic amines is 1. The van der Waals surface area contributed by atoms with Crippen LogP contribution in [0, 0.1) is 6.92 Å². The van der Waals surface area contributed by atoms with Crippen molar-refractivity contribution in [3.05, 3.63) is 45.9 Å². The van der Waals surface area contributed by atoms with Crippen molar-refractivity contribution in [3.63, 3.8) is 0 Å². The van der Waals surface area contributed by atoms with E-state index < -0.39 is 0 Å². The lowest BCUT2D eigenvalue weighted by Gasteiger charge is -2.10. The van der Waals surface area contributed by atoms with Crippen molar-refractivity contribution < 1.29 is 4.74 Å². The Kier molecular flexibility index (Phi) is 3.69. The van der Waals surface area contributed by atoms with Gasteiger partial charge < -0.3 is 9.72 Å². The first-order valence-electron chi connectivity index (χ1n) is 6.28. The van der Waals surface area contributed by atoms with Crippen LogP contribution in [0.15, 0.2) is 29.1 Å². The molecule has 0 aliphatic carbocycles. The second kappa shape index (κ2) is 5.26. The zero-order chi connectivity index (χ0) is 14.0. The van der Waals surface area contributed by atoms with E-state index in [1.165, 1.54) is 0 Å². The van der Waals surface area contributed by atoms with Gasteiger partial charge in [-0.3, -0.25) is 4.79 Å². The molecule has 4 heteroatoms. The predicted octanol–water partition coefficient (Wildman–Crippen LogP) is 2.88. The highest BCUT2D eigenvalue weighted by molar-refractivity contribution is 5.56. The van der Waals surface area contributed by atoms with Gasteiger partial charge in [-0.05, 0) is 37.1 Å².